The molecule has 0 aliphatic carbocycles. The predicted octanol–water partition coefficient (Wildman–Crippen LogP) is 3.45. The molecule has 0 bridgehead atoms. The second kappa shape index (κ2) is 7.84. The summed E-state index contributed by atoms with van der Waals surface area (Å²) in [5.41, 5.74) is 2.55. The smallest absolute Gasteiger partial charge is 0.191 e. The van der Waals surface area contributed by atoms with Crippen LogP contribution in [0.15, 0.2) is 50.6 Å². The number of nitrogens with zero attached hydrogens (tertiary/aromatic N) is 2. The average Bonchev–Trinajstić information content (AvgIpc) is 3.23. The molecule has 1 unspecified atom stereocenters. The summed E-state index contributed by atoms with van der Waals surface area (Å²) in [6, 6.07) is 10.9. The van der Waals surface area contributed by atoms with Crippen molar-refractivity contribution >= 4 is 38.9 Å². The number of rotatable bonds is 4. The molecular weight excluding hydrogens is 372 g/mol. The molecule has 1 aliphatic rings. The molecule has 23 heavy (non-hydrogen) atoms. The van der Waals surface area contributed by atoms with E-state index < -0.39 is 0 Å². The minimum absolute atomic E-state index is 0.413. The van der Waals surface area contributed by atoms with Crippen molar-refractivity contribution in [3.05, 3.63) is 51.1 Å². The summed E-state index contributed by atoms with van der Waals surface area (Å²) in [6.45, 7) is 2.85. The van der Waals surface area contributed by atoms with Crippen molar-refractivity contribution in [1.82, 2.24) is 10.6 Å². The molecule has 1 aromatic carbocycles. The third-order valence-corrected chi connectivity index (χ3v) is 5.39. The van der Waals surface area contributed by atoms with Crippen molar-refractivity contribution in [2.75, 3.05) is 25.0 Å². The zero-order valence-corrected chi connectivity index (χ0v) is 15.5. The number of hydrogen-bond acceptors (Lipinski definition) is 3. The van der Waals surface area contributed by atoms with Gasteiger partial charge in [-0.2, -0.15) is 11.3 Å². The molecule has 4 nitrogen and oxygen atoms in total. The maximum absolute atomic E-state index is 4.34. The molecule has 2 heterocycles. The number of halogens is 1. The van der Waals surface area contributed by atoms with Crippen LogP contribution < -0.4 is 15.5 Å². The highest BCUT2D eigenvalue weighted by Crippen LogP contribution is 2.28. The Kier molecular flexibility index (Phi) is 5.56. The first-order valence-corrected chi connectivity index (χ1v) is 9.47. The lowest BCUT2D eigenvalue weighted by molar-refractivity contribution is 0.648. The third kappa shape index (κ3) is 4.26. The number of benzene rings is 1. The summed E-state index contributed by atoms with van der Waals surface area (Å²) in [6.07, 6.45) is 1.11. The van der Waals surface area contributed by atoms with Crippen LogP contribution in [0, 0.1) is 0 Å². The van der Waals surface area contributed by atoms with Gasteiger partial charge in [-0.3, -0.25) is 4.99 Å². The van der Waals surface area contributed by atoms with Crippen molar-refractivity contribution in [3.8, 4) is 0 Å². The van der Waals surface area contributed by atoms with E-state index in [1.807, 2.05) is 7.05 Å². The van der Waals surface area contributed by atoms with Crippen LogP contribution in [-0.4, -0.2) is 32.1 Å². The first-order chi connectivity index (χ1) is 11.3. The third-order valence-electron chi connectivity index (χ3n) is 3.99. The minimum atomic E-state index is 0.413. The lowest BCUT2D eigenvalue weighted by Crippen LogP contribution is -2.44. The van der Waals surface area contributed by atoms with E-state index in [0.717, 1.165) is 36.5 Å². The fraction of sp³-hybridized carbons (Fsp3) is 0.353. The first kappa shape index (κ1) is 16.3. The van der Waals surface area contributed by atoms with Gasteiger partial charge >= 0.3 is 0 Å². The normalized spacial score (nSPS) is 18.3. The number of hydrogen-bond donors (Lipinski definition) is 2. The van der Waals surface area contributed by atoms with Gasteiger partial charge < -0.3 is 15.5 Å². The van der Waals surface area contributed by atoms with Crippen LogP contribution in [-0.2, 0) is 6.54 Å². The molecule has 0 amide bonds. The van der Waals surface area contributed by atoms with Crippen molar-refractivity contribution in [2.45, 2.75) is 19.0 Å². The van der Waals surface area contributed by atoms with Crippen LogP contribution >= 0.6 is 27.3 Å². The van der Waals surface area contributed by atoms with Crippen LogP contribution in [0.4, 0.5) is 5.69 Å². The Labute approximate surface area is 149 Å². The van der Waals surface area contributed by atoms with Crippen molar-refractivity contribution in [2.24, 2.45) is 4.99 Å². The number of anilines is 1. The highest BCUT2D eigenvalue weighted by molar-refractivity contribution is 9.10. The Balaban J connectivity index is 1.53. The van der Waals surface area contributed by atoms with Crippen LogP contribution in [0.5, 0.6) is 0 Å². The van der Waals surface area contributed by atoms with Gasteiger partial charge in [-0.05, 0) is 56.9 Å². The average molecular weight is 393 g/mol. The molecule has 1 saturated heterocycles. The fourth-order valence-electron chi connectivity index (χ4n) is 2.77. The van der Waals surface area contributed by atoms with E-state index in [9.17, 15) is 0 Å². The maximum Gasteiger partial charge on any atom is 0.191 e. The topological polar surface area (TPSA) is 39.7 Å². The van der Waals surface area contributed by atoms with Crippen LogP contribution in [0.3, 0.4) is 0 Å². The van der Waals surface area contributed by atoms with E-state index in [0.29, 0.717) is 6.04 Å². The number of aliphatic imine (C=N–C) groups is 1. The SMILES string of the molecule is CN=C(NCc1ccsc1)NC1CCN(c2ccccc2Br)C1. The minimum Gasteiger partial charge on any atom is -0.368 e. The molecule has 122 valence electrons. The molecule has 1 aromatic heterocycles. The van der Waals surface area contributed by atoms with Crippen molar-refractivity contribution in [3.63, 3.8) is 0 Å². The molecule has 6 heteroatoms. The molecule has 1 atom stereocenters. The monoisotopic (exact) mass is 392 g/mol. The van der Waals surface area contributed by atoms with Gasteiger partial charge in [-0.25, -0.2) is 0 Å². The van der Waals surface area contributed by atoms with Crippen molar-refractivity contribution < 1.29 is 0 Å². The molecule has 0 radical (unpaired) electrons. The summed E-state index contributed by atoms with van der Waals surface area (Å²) >= 11 is 5.36. The second-order valence-corrected chi connectivity index (χ2v) is 7.22. The van der Waals surface area contributed by atoms with E-state index in [1.165, 1.54) is 11.3 Å². The Morgan fingerprint density at radius 2 is 2.26 bits per heavy atom. The number of guanidine groups is 1. The van der Waals surface area contributed by atoms with Gasteiger partial charge in [0.25, 0.3) is 0 Å². The van der Waals surface area contributed by atoms with Gasteiger partial charge in [0.15, 0.2) is 5.96 Å². The highest BCUT2D eigenvalue weighted by atomic mass is 79.9. The standard InChI is InChI=1S/C17H21BrN4S/c1-19-17(20-10-13-7-9-23-12-13)21-14-6-8-22(11-14)16-5-3-2-4-15(16)18/h2-5,7,9,12,14H,6,8,10-11H2,1H3,(H2,19,20,21). The number of para-hydroxylation sites is 1. The summed E-state index contributed by atoms with van der Waals surface area (Å²) in [4.78, 5) is 6.75. The second-order valence-electron chi connectivity index (χ2n) is 5.58. The molecule has 2 aromatic rings. The molecule has 1 aliphatic heterocycles. The Morgan fingerprint density at radius 3 is 3.00 bits per heavy atom. The number of nitrogens with one attached hydrogen (secondary N) is 2. The Hall–Kier alpha value is -1.53. The predicted molar refractivity (Wildman–Crippen MR) is 102 cm³/mol. The lowest BCUT2D eigenvalue weighted by Gasteiger charge is -2.21. The molecule has 1 fully saturated rings. The van der Waals surface area contributed by atoms with E-state index in [2.05, 4.69) is 77.5 Å². The zero-order valence-electron chi connectivity index (χ0n) is 13.1. The molecule has 3 rings (SSSR count). The molecular formula is C17H21BrN4S. The van der Waals surface area contributed by atoms with Crippen LogP contribution in [0.25, 0.3) is 0 Å². The van der Waals surface area contributed by atoms with Gasteiger partial charge in [0.05, 0.1) is 5.69 Å². The van der Waals surface area contributed by atoms with E-state index in [4.69, 9.17) is 0 Å². The van der Waals surface area contributed by atoms with Gasteiger partial charge in [-0.15, -0.1) is 0 Å². The van der Waals surface area contributed by atoms with E-state index >= 15 is 0 Å². The lowest BCUT2D eigenvalue weighted by atomic mass is 10.2. The fourth-order valence-corrected chi connectivity index (χ4v) is 3.98. The van der Waals surface area contributed by atoms with E-state index in [1.54, 1.807) is 11.3 Å². The summed E-state index contributed by atoms with van der Waals surface area (Å²) in [5.74, 6) is 0.871. The zero-order chi connectivity index (χ0) is 16.1. The van der Waals surface area contributed by atoms with Crippen LogP contribution in [0.1, 0.15) is 12.0 Å². The molecule has 2 N–H and O–H groups in total. The largest absolute Gasteiger partial charge is 0.368 e. The van der Waals surface area contributed by atoms with Crippen LogP contribution in [0.2, 0.25) is 0 Å². The van der Waals surface area contributed by atoms with Gasteiger partial charge in [0, 0.05) is 37.2 Å². The van der Waals surface area contributed by atoms with Gasteiger partial charge in [0.2, 0.25) is 0 Å². The number of thiophene rings is 1. The summed E-state index contributed by atoms with van der Waals surface area (Å²) in [7, 11) is 1.82. The summed E-state index contributed by atoms with van der Waals surface area (Å²) < 4.78 is 1.15. The van der Waals surface area contributed by atoms with Gasteiger partial charge in [-0.1, -0.05) is 12.1 Å². The van der Waals surface area contributed by atoms with Crippen molar-refractivity contribution in [1.29, 1.82) is 0 Å². The molecule has 0 spiro atoms. The highest BCUT2D eigenvalue weighted by Gasteiger charge is 2.24. The Bertz CT molecular complexity index is 656. The first-order valence-electron chi connectivity index (χ1n) is 7.74. The molecule has 0 saturated carbocycles. The van der Waals surface area contributed by atoms with E-state index in [-0.39, 0.29) is 0 Å². The Morgan fingerprint density at radius 1 is 1.39 bits per heavy atom. The van der Waals surface area contributed by atoms with Gasteiger partial charge in [0.1, 0.15) is 0 Å². The summed E-state index contributed by atoms with van der Waals surface area (Å²) in [5, 5.41) is 11.2. The quantitative estimate of drug-likeness (QED) is 0.618. The maximum atomic E-state index is 4.34.